The molecule has 36 heavy (non-hydrogen) atoms. The Morgan fingerprint density at radius 3 is 2.47 bits per heavy atom. The molecule has 4 aromatic rings. The van der Waals surface area contributed by atoms with E-state index in [2.05, 4.69) is 9.88 Å². The molecule has 0 aliphatic carbocycles. The number of hydrogen-bond acceptors (Lipinski definition) is 3. The van der Waals surface area contributed by atoms with Gasteiger partial charge in [-0.15, -0.1) is 0 Å². The number of nitrogens with zero attached hydrogens (tertiary/aromatic N) is 2. The lowest BCUT2D eigenvalue weighted by molar-refractivity contribution is -0.142. The zero-order valence-electron chi connectivity index (χ0n) is 19.9. The fourth-order valence-electron chi connectivity index (χ4n) is 4.62. The Kier molecular flexibility index (Phi) is 6.54. The Morgan fingerprint density at radius 2 is 1.72 bits per heavy atom. The molecule has 1 aromatic heterocycles. The molecule has 3 aromatic carbocycles. The van der Waals surface area contributed by atoms with E-state index >= 15 is 0 Å². The van der Waals surface area contributed by atoms with Crippen LogP contribution in [-0.4, -0.2) is 28.1 Å². The Hall–Kier alpha value is -4.39. The first-order chi connectivity index (χ1) is 17.5. The molecule has 1 N–H and O–H groups in total. The van der Waals surface area contributed by atoms with Crippen molar-refractivity contribution in [3.8, 4) is 5.69 Å². The Morgan fingerprint density at radius 1 is 0.972 bits per heavy atom. The van der Waals surface area contributed by atoms with Gasteiger partial charge in [0.2, 0.25) is 0 Å². The first-order valence-electron chi connectivity index (χ1n) is 11.9. The van der Waals surface area contributed by atoms with Gasteiger partial charge in [0.1, 0.15) is 5.82 Å². The highest BCUT2D eigenvalue weighted by atomic mass is 19.1. The lowest BCUT2D eigenvalue weighted by atomic mass is 10.0. The number of hydrogen-bond donors (Lipinski definition) is 1. The number of rotatable bonds is 5. The molecule has 0 unspecified atom stereocenters. The van der Waals surface area contributed by atoms with Crippen molar-refractivity contribution in [2.45, 2.75) is 25.9 Å². The molecule has 1 atom stereocenters. The highest BCUT2D eigenvalue weighted by molar-refractivity contribution is 5.90. The van der Waals surface area contributed by atoms with Gasteiger partial charge in [0.05, 0.1) is 31.3 Å². The molecule has 182 valence electrons. The molecule has 0 saturated heterocycles. The summed E-state index contributed by atoms with van der Waals surface area (Å²) in [4.78, 5) is 27.2. The average molecular weight is 484 g/mol. The molecule has 1 aliphatic heterocycles. The molecule has 2 heterocycles. The van der Waals surface area contributed by atoms with Crippen molar-refractivity contribution in [3.05, 3.63) is 119 Å². The van der Waals surface area contributed by atoms with Crippen LogP contribution < -0.4 is 5.32 Å². The van der Waals surface area contributed by atoms with E-state index in [1.165, 1.54) is 12.1 Å². The number of amides is 2. The zero-order valence-corrected chi connectivity index (χ0v) is 19.9. The molecule has 7 heteroatoms. The molecule has 0 radical (unpaired) electrons. The fraction of sp³-hybridized carbons (Fsp3) is 0.172. The van der Waals surface area contributed by atoms with Crippen LogP contribution in [0.1, 0.15) is 35.3 Å². The second kappa shape index (κ2) is 10.1. The number of fused-ring (bicyclic) bond motifs is 3. The third-order valence-corrected chi connectivity index (χ3v) is 6.27. The summed E-state index contributed by atoms with van der Waals surface area (Å²) in [5.41, 5.74) is 5.13. The maximum absolute atomic E-state index is 13.8. The summed E-state index contributed by atoms with van der Waals surface area (Å²) in [5, 5.41) is 3.00. The minimum absolute atomic E-state index is 0.175. The first-order valence-corrected chi connectivity index (χ1v) is 11.9. The number of nitrogens with one attached hydrogen (secondary N) is 1. The van der Waals surface area contributed by atoms with E-state index in [9.17, 15) is 14.0 Å². The van der Waals surface area contributed by atoms with Gasteiger partial charge < -0.3 is 19.5 Å². The van der Waals surface area contributed by atoms with Crippen molar-refractivity contribution < 1.29 is 18.7 Å². The van der Waals surface area contributed by atoms with Crippen molar-refractivity contribution >= 4 is 17.7 Å². The van der Waals surface area contributed by atoms with Crippen LogP contribution in [0.5, 0.6) is 0 Å². The monoisotopic (exact) mass is 483 g/mol. The number of esters is 1. The van der Waals surface area contributed by atoms with Crippen molar-refractivity contribution in [3.63, 3.8) is 0 Å². The third kappa shape index (κ3) is 4.73. The summed E-state index contributed by atoms with van der Waals surface area (Å²) in [6.45, 7) is 2.48. The van der Waals surface area contributed by atoms with Gasteiger partial charge in [-0.1, -0.05) is 42.5 Å². The van der Waals surface area contributed by atoms with E-state index in [1.807, 2.05) is 42.6 Å². The predicted molar refractivity (Wildman–Crippen MR) is 135 cm³/mol. The highest BCUT2D eigenvalue weighted by Crippen LogP contribution is 2.37. The topological polar surface area (TPSA) is 63.6 Å². The minimum atomic E-state index is -0.434. The van der Waals surface area contributed by atoms with Gasteiger partial charge in [-0.05, 0) is 66.1 Å². The van der Waals surface area contributed by atoms with E-state index < -0.39 is 6.04 Å². The molecular formula is C29H26FN3O3. The van der Waals surface area contributed by atoms with Gasteiger partial charge in [0.15, 0.2) is 0 Å². The van der Waals surface area contributed by atoms with Crippen LogP contribution in [-0.2, 0) is 22.5 Å². The summed E-state index contributed by atoms with van der Waals surface area (Å²) >= 11 is 0. The van der Waals surface area contributed by atoms with Crippen LogP contribution >= 0.6 is 0 Å². The summed E-state index contributed by atoms with van der Waals surface area (Å²) in [7, 11) is 0. The summed E-state index contributed by atoms with van der Waals surface area (Å²) in [5.74, 6) is -0.618. The normalized spacial score (nSPS) is 14.4. The van der Waals surface area contributed by atoms with Gasteiger partial charge in [-0.2, -0.15) is 0 Å². The highest BCUT2D eigenvalue weighted by Gasteiger charge is 2.33. The maximum Gasteiger partial charge on any atom is 0.322 e. The van der Waals surface area contributed by atoms with Crippen LogP contribution in [0.25, 0.3) is 5.69 Å². The van der Waals surface area contributed by atoms with Crippen LogP contribution in [0.4, 0.5) is 14.9 Å². The Balaban J connectivity index is 1.47. The van der Waals surface area contributed by atoms with Gasteiger partial charge in [-0.25, -0.2) is 9.18 Å². The van der Waals surface area contributed by atoms with E-state index in [-0.39, 0.29) is 24.2 Å². The average Bonchev–Trinajstić information content (AvgIpc) is 3.30. The van der Waals surface area contributed by atoms with Crippen LogP contribution in [0.3, 0.4) is 0 Å². The molecule has 0 fully saturated rings. The summed E-state index contributed by atoms with van der Waals surface area (Å²) in [6, 6.07) is 24.6. The quantitative estimate of drug-likeness (QED) is 0.362. The predicted octanol–water partition coefficient (Wildman–Crippen LogP) is 5.86. The molecule has 0 spiro atoms. The maximum atomic E-state index is 13.8. The number of para-hydroxylation sites is 1. The SMILES string of the molecule is CCOC(=O)Cc1ccc(NC(=O)N2Cc3ccccc3-n3cccc3[C@H]2c2ccc(F)cc2)cc1. The Labute approximate surface area is 208 Å². The second-order valence-corrected chi connectivity index (χ2v) is 8.62. The molecule has 2 amide bonds. The Bertz CT molecular complexity index is 1380. The zero-order chi connectivity index (χ0) is 25.1. The van der Waals surface area contributed by atoms with Crippen molar-refractivity contribution in [1.29, 1.82) is 0 Å². The number of benzene rings is 3. The fourth-order valence-corrected chi connectivity index (χ4v) is 4.62. The molecule has 5 rings (SSSR count). The number of ether oxygens (including phenoxy) is 1. The van der Waals surface area contributed by atoms with Crippen LogP contribution in [0.15, 0.2) is 91.1 Å². The summed E-state index contributed by atoms with van der Waals surface area (Å²) in [6.07, 6.45) is 2.16. The van der Waals surface area contributed by atoms with Crippen molar-refractivity contribution in [1.82, 2.24) is 9.47 Å². The lowest BCUT2D eigenvalue weighted by Crippen LogP contribution is -2.37. The van der Waals surface area contributed by atoms with Crippen LogP contribution in [0.2, 0.25) is 0 Å². The number of aromatic nitrogens is 1. The largest absolute Gasteiger partial charge is 0.466 e. The molecule has 0 saturated carbocycles. The van der Waals surface area contributed by atoms with Gasteiger partial charge in [-0.3, -0.25) is 4.79 Å². The number of anilines is 1. The van der Waals surface area contributed by atoms with Crippen LogP contribution in [0, 0.1) is 5.82 Å². The summed E-state index contributed by atoms with van der Waals surface area (Å²) < 4.78 is 20.8. The van der Waals surface area contributed by atoms with E-state index in [0.717, 1.165) is 28.1 Å². The van der Waals surface area contributed by atoms with E-state index in [4.69, 9.17) is 4.74 Å². The third-order valence-electron chi connectivity index (χ3n) is 6.27. The number of halogens is 1. The van der Waals surface area contributed by atoms with Gasteiger partial charge in [0.25, 0.3) is 0 Å². The number of urea groups is 1. The minimum Gasteiger partial charge on any atom is -0.466 e. The number of carbonyl (C=O) groups is 2. The molecule has 1 aliphatic rings. The second-order valence-electron chi connectivity index (χ2n) is 8.62. The molecule has 0 bridgehead atoms. The molecule has 6 nitrogen and oxygen atoms in total. The lowest BCUT2D eigenvalue weighted by Gasteiger charge is -2.31. The van der Waals surface area contributed by atoms with E-state index in [0.29, 0.717) is 18.8 Å². The first kappa shape index (κ1) is 23.4. The van der Waals surface area contributed by atoms with Gasteiger partial charge in [0, 0.05) is 17.6 Å². The molecular weight excluding hydrogens is 457 g/mol. The van der Waals surface area contributed by atoms with E-state index in [1.54, 1.807) is 48.2 Å². The van der Waals surface area contributed by atoms with Gasteiger partial charge >= 0.3 is 12.0 Å². The standard InChI is InChI=1S/C29H26FN3O3/c1-2-36-27(34)18-20-9-15-24(16-10-20)31-29(35)33-19-22-6-3-4-7-25(22)32-17-5-8-26(32)28(33)21-11-13-23(30)14-12-21/h3-17,28H,2,18-19H2,1H3,(H,31,35)/t28-/m1/s1. The smallest absolute Gasteiger partial charge is 0.322 e. The number of carbonyl (C=O) groups excluding carboxylic acids is 2. The van der Waals surface area contributed by atoms with Crippen molar-refractivity contribution in [2.75, 3.05) is 11.9 Å². The van der Waals surface area contributed by atoms with Crippen molar-refractivity contribution in [2.24, 2.45) is 0 Å².